The van der Waals surface area contributed by atoms with E-state index in [9.17, 15) is 9.59 Å². The molecule has 2 rings (SSSR count). The number of amides is 2. The molecule has 0 radical (unpaired) electrons. The molecule has 0 aliphatic carbocycles. The van der Waals surface area contributed by atoms with Gasteiger partial charge in [0, 0.05) is 44.8 Å². The lowest BCUT2D eigenvalue weighted by Gasteiger charge is -2.32. The van der Waals surface area contributed by atoms with Gasteiger partial charge in [0.25, 0.3) is 11.8 Å². The topological polar surface area (TPSA) is 53.1 Å². The molecular formula is C18H27N3O3. The van der Waals surface area contributed by atoms with Gasteiger partial charge >= 0.3 is 0 Å². The molecular weight excluding hydrogens is 306 g/mol. The van der Waals surface area contributed by atoms with Crippen LogP contribution in [0, 0.1) is 0 Å². The molecule has 0 spiro atoms. The number of ether oxygens (including phenoxy) is 1. The lowest BCUT2D eigenvalue weighted by Crippen LogP contribution is -2.48. The number of piperazine rings is 1. The van der Waals surface area contributed by atoms with Crippen LogP contribution in [0.2, 0.25) is 0 Å². The fourth-order valence-electron chi connectivity index (χ4n) is 2.68. The van der Waals surface area contributed by atoms with Crippen LogP contribution >= 0.6 is 0 Å². The average Bonchev–Trinajstić information content (AvgIpc) is 2.61. The third-order valence-corrected chi connectivity index (χ3v) is 4.37. The van der Waals surface area contributed by atoms with Crippen molar-refractivity contribution in [2.24, 2.45) is 0 Å². The van der Waals surface area contributed by atoms with Gasteiger partial charge in [-0.15, -0.1) is 0 Å². The molecule has 1 heterocycles. The van der Waals surface area contributed by atoms with E-state index < -0.39 is 0 Å². The number of benzene rings is 1. The van der Waals surface area contributed by atoms with Gasteiger partial charge in [-0.05, 0) is 45.2 Å². The molecule has 2 amide bonds. The second-order valence-corrected chi connectivity index (χ2v) is 5.97. The Labute approximate surface area is 144 Å². The fraction of sp³-hybridized carbons (Fsp3) is 0.556. The third kappa shape index (κ3) is 4.71. The van der Waals surface area contributed by atoms with Crippen LogP contribution in [0.3, 0.4) is 0 Å². The summed E-state index contributed by atoms with van der Waals surface area (Å²) >= 11 is 0. The van der Waals surface area contributed by atoms with Gasteiger partial charge in [-0.25, -0.2) is 0 Å². The van der Waals surface area contributed by atoms with E-state index in [0.717, 1.165) is 26.2 Å². The number of rotatable bonds is 6. The average molecular weight is 333 g/mol. The Morgan fingerprint density at radius 2 is 1.62 bits per heavy atom. The number of likely N-dealkylation sites (N-methyl/N-ethyl adjacent to an activating group) is 1. The largest absolute Gasteiger partial charge is 0.484 e. The van der Waals surface area contributed by atoms with Crippen molar-refractivity contribution in [1.29, 1.82) is 0 Å². The van der Waals surface area contributed by atoms with E-state index in [1.165, 1.54) is 0 Å². The number of carbonyl (C=O) groups excluding carboxylic acids is 2. The molecule has 0 atom stereocenters. The van der Waals surface area contributed by atoms with E-state index in [1.54, 1.807) is 29.2 Å². The van der Waals surface area contributed by atoms with Crippen molar-refractivity contribution in [3.8, 4) is 5.75 Å². The Kier molecular flexibility index (Phi) is 6.61. The number of hydrogen-bond donors (Lipinski definition) is 0. The van der Waals surface area contributed by atoms with Crippen molar-refractivity contribution in [2.75, 3.05) is 52.9 Å². The van der Waals surface area contributed by atoms with E-state index in [0.29, 0.717) is 24.4 Å². The summed E-state index contributed by atoms with van der Waals surface area (Å²) in [5, 5.41) is 0. The minimum absolute atomic E-state index is 0.00592. The highest BCUT2D eigenvalue weighted by Gasteiger charge is 2.19. The maximum Gasteiger partial charge on any atom is 0.260 e. The van der Waals surface area contributed by atoms with Gasteiger partial charge in [0.15, 0.2) is 6.61 Å². The Bertz CT molecular complexity index is 547. The summed E-state index contributed by atoms with van der Waals surface area (Å²) in [6, 6.07) is 6.98. The molecule has 1 saturated heterocycles. The molecule has 0 aromatic heterocycles. The van der Waals surface area contributed by atoms with E-state index in [-0.39, 0.29) is 18.4 Å². The second-order valence-electron chi connectivity index (χ2n) is 5.97. The van der Waals surface area contributed by atoms with Crippen LogP contribution in [0.1, 0.15) is 24.2 Å². The van der Waals surface area contributed by atoms with Crippen molar-refractivity contribution >= 4 is 11.8 Å². The monoisotopic (exact) mass is 333 g/mol. The van der Waals surface area contributed by atoms with Crippen LogP contribution in [-0.4, -0.2) is 79.4 Å². The van der Waals surface area contributed by atoms with E-state index >= 15 is 0 Å². The molecule has 0 N–H and O–H groups in total. The van der Waals surface area contributed by atoms with Crippen molar-refractivity contribution < 1.29 is 14.3 Å². The van der Waals surface area contributed by atoms with E-state index in [2.05, 4.69) is 11.9 Å². The zero-order valence-corrected chi connectivity index (χ0v) is 14.8. The van der Waals surface area contributed by atoms with Gasteiger partial charge in [-0.2, -0.15) is 0 Å². The van der Waals surface area contributed by atoms with E-state index in [4.69, 9.17) is 4.74 Å². The molecule has 1 fully saturated rings. The summed E-state index contributed by atoms with van der Waals surface area (Å²) in [6.45, 7) is 8.62. The van der Waals surface area contributed by atoms with Crippen molar-refractivity contribution in [3.63, 3.8) is 0 Å². The number of carbonyl (C=O) groups is 2. The molecule has 0 unspecified atom stereocenters. The van der Waals surface area contributed by atoms with Crippen LogP contribution in [0.4, 0.5) is 0 Å². The zero-order valence-electron chi connectivity index (χ0n) is 14.8. The van der Waals surface area contributed by atoms with Gasteiger partial charge in [0.2, 0.25) is 0 Å². The van der Waals surface area contributed by atoms with Crippen molar-refractivity contribution in [1.82, 2.24) is 14.7 Å². The van der Waals surface area contributed by atoms with Crippen LogP contribution in [0.15, 0.2) is 24.3 Å². The van der Waals surface area contributed by atoms with Gasteiger partial charge in [0.05, 0.1) is 0 Å². The zero-order chi connectivity index (χ0) is 17.5. The number of hydrogen-bond acceptors (Lipinski definition) is 4. The molecule has 24 heavy (non-hydrogen) atoms. The van der Waals surface area contributed by atoms with Crippen LogP contribution in [-0.2, 0) is 4.79 Å². The first-order chi connectivity index (χ1) is 11.5. The molecule has 1 aromatic rings. The molecule has 6 nitrogen and oxygen atoms in total. The van der Waals surface area contributed by atoms with Crippen molar-refractivity contribution in [2.45, 2.75) is 13.8 Å². The van der Waals surface area contributed by atoms with Crippen LogP contribution < -0.4 is 4.74 Å². The van der Waals surface area contributed by atoms with Crippen LogP contribution in [0.25, 0.3) is 0 Å². The van der Waals surface area contributed by atoms with Gasteiger partial charge in [-0.3, -0.25) is 9.59 Å². The smallest absolute Gasteiger partial charge is 0.260 e. The Morgan fingerprint density at radius 3 is 2.17 bits per heavy atom. The standard InChI is InChI=1S/C18H27N3O3/c1-4-20(5-2)18(23)15-6-8-16(9-7-15)24-14-17(22)21-12-10-19(3)11-13-21/h6-9H,4-5,10-14H2,1-3H3. The molecule has 1 aromatic carbocycles. The fourth-order valence-corrected chi connectivity index (χ4v) is 2.68. The van der Waals surface area contributed by atoms with E-state index in [1.807, 2.05) is 18.7 Å². The molecule has 0 saturated carbocycles. The van der Waals surface area contributed by atoms with Gasteiger partial charge in [-0.1, -0.05) is 0 Å². The highest BCUT2D eigenvalue weighted by atomic mass is 16.5. The Balaban J connectivity index is 1.85. The van der Waals surface area contributed by atoms with Crippen molar-refractivity contribution in [3.05, 3.63) is 29.8 Å². The molecule has 1 aliphatic heterocycles. The lowest BCUT2D eigenvalue weighted by atomic mass is 10.2. The quantitative estimate of drug-likeness (QED) is 0.788. The normalized spacial score (nSPS) is 15.2. The minimum atomic E-state index is 0.00592. The highest BCUT2D eigenvalue weighted by molar-refractivity contribution is 5.94. The summed E-state index contributed by atoms with van der Waals surface area (Å²) in [7, 11) is 2.05. The first kappa shape index (κ1) is 18.3. The Hall–Kier alpha value is -2.08. The maximum atomic E-state index is 12.2. The lowest BCUT2D eigenvalue weighted by molar-refractivity contribution is -0.134. The first-order valence-corrected chi connectivity index (χ1v) is 8.53. The molecule has 0 bridgehead atoms. The van der Waals surface area contributed by atoms with Crippen LogP contribution in [0.5, 0.6) is 5.75 Å². The SMILES string of the molecule is CCN(CC)C(=O)c1ccc(OCC(=O)N2CCN(C)CC2)cc1. The predicted octanol–water partition coefficient (Wildman–Crippen LogP) is 1.32. The number of nitrogens with zero attached hydrogens (tertiary/aromatic N) is 3. The minimum Gasteiger partial charge on any atom is -0.484 e. The molecule has 132 valence electrons. The molecule has 6 heteroatoms. The maximum absolute atomic E-state index is 12.2. The first-order valence-electron chi connectivity index (χ1n) is 8.53. The second kappa shape index (κ2) is 8.68. The molecule has 1 aliphatic rings. The van der Waals surface area contributed by atoms with Gasteiger partial charge in [0.1, 0.15) is 5.75 Å². The third-order valence-electron chi connectivity index (χ3n) is 4.37. The summed E-state index contributed by atoms with van der Waals surface area (Å²) in [4.78, 5) is 30.2. The van der Waals surface area contributed by atoms with Gasteiger partial charge < -0.3 is 19.4 Å². The Morgan fingerprint density at radius 1 is 1.04 bits per heavy atom. The summed E-state index contributed by atoms with van der Waals surface area (Å²) in [5.74, 6) is 0.625. The summed E-state index contributed by atoms with van der Waals surface area (Å²) in [6.07, 6.45) is 0. The predicted molar refractivity (Wildman–Crippen MR) is 93.3 cm³/mol. The summed E-state index contributed by atoms with van der Waals surface area (Å²) < 4.78 is 5.57. The highest BCUT2D eigenvalue weighted by Crippen LogP contribution is 2.14. The summed E-state index contributed by atoms with van der Waals surface area (Å²) in [5.41, 5.74) is 0.636.